The Hall–Kier alpha value is -1.27. The van der Waals surface area contributed by atoms with E-state index in [1.54, 1.807) is 24.5 Å². The number of hydrogen-bond acceptors (Lipinski definition) is 4. The van der Waals surface area contributed by atoms with Crippen molar-refractivity contribution in [3.05, 3.63) is 24.5 Å². The third-order valence-corrected chi connectivity index (χ3v) is 1.21. The summed E-state index contributed by atoms with van der Waals surface area (Å²) in [5.41, 5.74) is -0.429. The summed E-state index contributed by atoms with van der Waals surface area (Å²) < 4.78 is 6.51. The van der Waals surface area contributed by atoms with Crippen LogP contribution in [-0.2, 0) is 4.74 Å². The minimum absolute atomic E-state index is 0. The molecule has 83 valence electrons. The fourth-order valence-electron chi connectivity index (χ4n) is 0.771. The molecule has 0 amide bonds. The molecule has 0 saturated heterocycles. The van der Waals surface area contributed by atoms with Crippen LogP contribution in [0.5, 0.6) is 0 Å². The Morgan fingerprint density at radius 3 is 2.00 bits per heavy atom. The van der Waals surface area contributed by atoms with Gasteiger partial charge in [0.05, 0.1) is 0 Å². The van der Waals surface area contributed by atoms with Crippen molar-refractivity contribution in [2.45, 2.75) is 26.4 Å². The van der Waals surface area contributed by atoms with Crippen molar-refractivity contribution in [3.63, 3.8) is 0 Å². The van der Waals surface area contributed by atoms with Gasteiger partial charge in [0.2, 0.25) is 0 Å². The summed E-state index contributed by atoms with van der Waals surface area (Å²) in [7, 11) is 0. The SMILES string of the molecule is CC(C)(C)OC(=O)n1cccc1.O[B]O. The molecular formula is C9H15BNO4. The Kier molecular flexibility index (Phi) is 5.73. The van der Waals surface area contributed by atoms with Gasteiger partial charge in [-0.3, -0.25) is 4.57 Å². The Balaban J connectivity index is 0.000000583. The van der Waals surface area contributed by atoms with E-state index in [-0.39, 0.29) is 13.8 Å². The molecule has 0 aromatic carbocycles. The summed E-state index contributed by atoms with van der Waals surface area (Å²) in [5.74, 6) is 0. The normalized spacial score (nSPS) is 9.93. The van der Waals surface area contributed by atoms with Crippen LogP contribution in [0.3, 0.4) is 0 Å². The van der Waals surface area contributed by atoms with E-state index in [1.807, 2.05) is 20.8 Å². The van der Waals surface area contributed by atoms with Gasteiger partial charge in [-0.1, -0.05) is 0 Å². The van der Waals surface area contributed by atoms with Gasteiger partial charge in [-0.15, -0.1) is 0 Å². The van der Waals surface area contributed by atoms with Crippen LogP contribution in [0.1, 0.15) is 20.8 Å². The maximum Gasteiger partial charge on any atom is 0.482 e. The summed E-state index contributed by atoms with van der Waals surface area (Å²) in [5, 5.41) is 14.0. The highest BCUT2D eigenvalue weighted by Crippen LogP contribution is 2.08. The molecule has 1 aromatic rings. The van der Waals surface area contributed by atoms with Crippen molar-refractivity contribution < 1.29 is 19.6 Å². The molecule has 0 atom stereocenters. The first-order valence-corrected chi connectivity index (χ1v) is 4.37. The van der Waals surface area contributed by atoms with Crippen LogP contribution in [0.4, 0.5) is 4.79 Å². The molecule has 5 nitrogen and oxygen atoms in total. The van der Waals surface area contributed by atoms with E-state index in [0.717, 1.165) is 0 Å². The van der Waals surface area contributed by atoms with Gasteiger partial charge >= 0.3 is 13.8 Å². The predicted octanol–water partition coefficient (Wildman–Crippen LogP) is 0.776. The summed E-state index contributed by atoms with van der Waals surface area (Å²) in [4.78, 5) is 11.3. The minimum atomic E-state index is -0.429. The highest BCUT2D eigenvalue weighted by Gasteiger charge is 2.16. The first kappa shape index (κ1) is 13.7. The summed E-state index contributed by atoms with van der Waals surface area (Å²) >= 11 is 0. The number of hydrogen-bond donors (Lipinski definition) is 2. The molecule has 0 unspecified atom stereocenters. The smallest absolute Gasteiger partial charge is 0.443 e. The lowest BCUT2D eigenvalue weighted by Gasteiger charge is -2.19. The standard InChI is InChI=1S/C9H13NO2.BH2O2/c1-9(2,3)12-8(11)10-6-4-5-7-10;2-1-3/h4-7H,1-3H3;2-3H. The van der Waals surface area contributed by atoms with Crippen molar-refractivity contribution in [1.29, 1.82) is 0 Å². The Bertz CT molecular complexity index is 279. The fraction of sp³-hybridized carbons (Fsp3) is 0.444. The Labute approximate surface area is 89.6 Å². The van der Waals surface area contributed by atoms with Gasteiger partial charge in [-0.05, 0) is 32.9 Å². The molecule has 1 rings (SSSR count). The average Bonchev–Trinajstić information content (AvgIpc) is 2.53. The van der Waals surface area contributed by atoms with E-state index in [9.17, 15) is 4.79 Å². The van der Waals surface area contributed by atoms with Gasteiger partial charge in [0.15, 0.2) is 0 Å². The molecule has 0 aliphatic rings. The second kappa shape index (κ2) is 6.26. The minimum Gasteiger partial charge on any atom is -0.443 e. The van der Waals surface area contributed by atoms with Crippen molar-refractivity contribution in [3.8, 4) is 0 Å². The molecule has 0 fully saturated rings. The molecule has 0 aliphatic heterocycles. The zero-order valence-corrected chi connectivity index (χ0v) is 9.04. The first-order chi connectivity index (χ1) is 6.90. The number of rotatable bonds is 0. The van der Waals surface area contributed by atoms with Crippen LogP contribution >= 0.6 is 0 Å². The zero-order valence-electron chi connectivity index (χ0n) is 9.04. The molecular weight excluding hydrogens is 197 g/mol. The van der Waals surface area contributed by atoms with Crippen LogP contribution in [0.25, 0.3) is 0 Å². The van der Waals surface area contributed by atoms with Crippen molar-refractivity contribution in [2.24, 2.45) is 0 Å². The molecule has 0 saturated carbocycles. The van der Waals surface area contributed by atoms with E-state index in [0.29, 0.717) is 0 Å². The van der Waals surface area contributed by atoms with Gasteiger partial charge in [0, 0.05) is 12.4 Å². The lowest BCUT2D eigenvalue weighted by atomic mass is 10.2. The third kappa shape index (κ3) is 6.76. The van der Waals surface area contributed by atoms with Gasteiger partial charge in [0.25, 0.3) is 0 Å². The summed E-state index contributed by atoms with van der Waals surface area (Å²) in [6.07, 6.45) is 2.98. The topological polar surface area (TPSA) is 71.7 Å². The lowest BCUT2D eigenvalue weighted by Crippen LogP contribution is -2.26. The number of aromatic nitrogens is 1. The van der Waals surface area contributed by atoms with Crippen LogP contribution in [0, 0.1) is 0 Å². The van der Waals surface area contributed by atoms with Crippen LogP contribution in [0.2, 0.25) is 0 Å². The maximum atomic E-state index is 11.3. The van der Waals surface area contributed by atoms with Crippen molar-refractivity contribution >= 4 is 13.8 Å². The zero-order chi connectivity index (χ0) is 11.9. The second-order valence-electron chi connectivity index (χ2n) is 3.69. The molecule has 0 spiro atoms. The van der Waals surface area contributed by atoms with Gasteiger partial charge < -0.3 is 14.8 Å². The number of carbonyl (C=O) groups is 1. The highest BCUT2D eigenvalue weighted by atomic mass is 16.6. The van der Waals surface area contributed by atoms with Gasteiger partial charge in [-0.2, -0.15) is 0 Å². The fourth-order valence-corrected chi connectivity index (χ4v) is 0.771. The van der Waals surface area contributed by atoms with Crippen LogP contribution in [-0.4, -0.2) is 34.0 Å². The lowest BCUT2D eigenvalue weighted by molar-refractivity contribution is 0.0537. The van der Waals surface area contributed by atoms with E-state index in [4.69, 9.17) is 14.8 Å². The van der Waals surface area contributed by atoms with Crippen LogP contribution < -0.4 is 0 Å². The number of nitrogens with zero attached hydrogens (tertiary/aromatic N) is 1. The number of ether oxygens (including phenoxy) is 1. The van der Waals surface area contributed by atoms with Gasteiger partial charge in [-0.25, -0.2) is 4.79 Å². The Morgan fingerprint density at radius 2 is 1.67 bits per heavy atom. The Morgan fingerprint density at radius 1 is 1.27 bits per heavy atom. The molecule has 15 heavy (non-hydrogen) atoms. The van der Waals surface area contributed by atoms with E-state index in [1.165, 1.54) is 4.57 Å². The van der Waals surface area contributed by atoms with E-state index in [2.05, 4.69) is 0 Å². The monoisotopic (exact) mass is 212 g/mol. The molecule has 1 heterocycles. The van der Waals surface area contributed by atoms with Crippen molar-refractivity contribution in [2.75, 3.05) is 0 Å². The number of carbonyl (C=O) groups excluding carboxylic acids is 1. The maximum absolute atomic E-state index is 11.3. The second-order valence-corrected chi connectivity index (χ2v) is 3.69. The largest absolute Gasteiger partial charge is 0.482 e. The molecule has 1 aromatic heterocycles. The quantitative estimate of drug-likeness (QED) is 0.623. The predicted molar refractivity (Wildman–Crippen MR) is 56.3 cm³/mol. The van der Waals surface area contributed by atoms with Crippen LogP contribution in [0.15, 0.2) is 24.5 Å². The first-order valence-electron chi connectivity index (χ1n) is 4.37. The summed E-state index contributed by atoms with van der Waals surface area (Å²) in [6.45, 7) is 5.52. The van der Waals surface area contributed by atoms with E-state index >= 15 is 0 Å². The average molecular weight is 212 g/mol. The molecule has 6 heteroatoms. The highest BCUT2D eigenvalue weighted by molar-refractivity contribution is 6.13. The molecule has 0 aliphatic carbocycles. The third-order valence-electron chi connectivity index (χ3n) is 1.21. The van der Waals surface area contributed by atoms with Crippen molar-refractivity contribution in [1.82, 2.24) is 4.57 Å². The van der Waals surface area contributed by atoms with E-state index < -0.39 is 5.60 Å². The summed E-state index contributed by atoms with van der Waals surface area (Å²) in [6, 6.07) is 3.56. The van der Waals surface area contributed by atoms with Gasteiger partial charge in [0.1, 0.15) is 5.60 Å². The molecule has 2 N–H and O–H groups in total. The molecule has 1 radical (unpaired) electrons. The molecule has 0 bridgehead atoms.